The van der Waals surface area contributed by atoms with E-state index in [9.17, 15) is 0 Å². The van der Waals surface area contributed by atoms with E-state index in [0.29, 0.717) is 0 Å². The highest BCUT2D eigenvalue weighted by molar-refractivity contribution is 4.78. The molecule has 0 spiro atoms. The summed E-state index contributed by atoms with van der Waals surface area (Å²) in [5, 5.41) is 7.20. The monoisotopic (exact) mass is 124 g/mol. The van der Waals surface area contributed by atoms with Gasteiger partial charge in [-0.15, -0.1) is 0 Å². The number of hydrogen-bond donors (Lipinski definition) is 0. The Bertz CT molecular complexity index is 114. The van der Waals surface area contributed by atoms with Crippen LogP contribution in [0.2, 0.25) is 0 Å². The zero-order valence-electron chi connectivity index (χ0n) is 5.75. The standard InChI is InChI=1S/C7H12N2/c1-3-5-6-7-9-8-4-2/h4,6-7H,2-3,5H2,1H3/b7-6-,9-8-. The van der Waals surface area contributed by atoms with E-state index in [2.05, 4.69) is 23.7 Å². The molecule has 0 heterocycles. The largest absolute Gasteiger partial charge is 0.160 e. The lowest BCUT2D eigenvalue weighted by Gasteiger charge is -1.77. The van der Waals surface area contributed by atoms with E-state index in [1.165, 1.54) is 6.20 Å². The molecule has 0 aliphatic heterocycles. The summed E-state index contributed by atoms with van der Waals surface area (Å²) in [5.74, 6) is 0. The van der Waals surface area contributed by atoms with Gasteiger partial charge in [0, 0.05) is 12.4 Å². The highest BCUT2D eigenvalue weighted by Gasteiger charge is 1.68. The second-order valence-corrected chi connectivity index (χ2v) is 1.59. The highest BCUT2D eigenvalue weighted by atomic mass is 15.1. The Balaban J connectivity index is 3.23. The molecule has 50 valence electrons. The van der Waals surface area contributed by atoms with Crippen molar-refractivity contribution in [3.8, 4) is 0 Å². The van der Waals surface area contributed by atoms with E-state index in [4.69, 9.17) is 0 Å². The third-order valence-electron chi connectivity index (χ3n) is 0.776. The fourth-order valence-corrected chi connectivity index (χ4v) is 0.374. The van der Waals surface area contributed by atoms with E-state index < -0.39 is 0 Å². The molecular weight excluding hydrogens is 112 g/mol. The second-order valence-electron chi connectivity index (χ2n) is 1.59. The maximum Gasteiger partial charge on any atom is 0.0455 e. The van der Waals surface area contributed by atoms with Crippen LogP contribution in [-0.4, -0.2) is 0 Å². The predicted molar refractivity (Wildman–Crippen MR) is 39.1 cm³/mol. The molecule has 0 radical (unpaired) electrons. The Morgan fingerprint density at radius 1 is 1.44 bits per heavy atom. The van der Waals surface area contributed by atoms with Crippen molar-refractivity contribution < 1.29 is 0 Å². The first-order valence-corrected chi connectivity index (χ1v) is 3.07. The van der Waals surface area contributed by atoms with Gasteiger partial charge in [0.15, 0.2) is 0 Å². The SMILES string of the molecule is C=C/N=N\C=C/CCC. The molecule has 2 nitrogen and oxygen atoms in total. The molecule has 0 bridgehead atoms. The molecular formula is C7H12N2. The summed E-state index contributed by atoms with van der Waals surface area (Å²) in [6, 6.07) is 0. The molecule has 0 aromatic rings. The number of nitrogens with zero attached hydrogens (tertiary/aromatic N) is 2. The minimum atomic E-state index is 1.07. The van der Waals surface area contributed by atoms with Crippen molar-refractivity contribution in [1.82, 2.24) is 0 Å². The average Bonchev–Trinajstić information content (AvgIpc) is 1.89. The Labute approximate surface area is 56.0 Å². The molecule has 2 heteroatoms. The third kappa shape index (κ3) is 7.08. The van der Waals surface area contributed by atoms with Gasteiger partial charge in [0.05, 0.1) is 0 Å². The van der Waals surface area contributed by atoms with Gasteiger partial charge in [-0.1, -0.05) is 26.0 Å². The van der Waals surface area contributed by atoms with Crippen molar-refractivity contribution in [3.05, 3.63) is 25.1 Å². The lowest BCUT2D eigenvalue weighted by Crippen LogP contribution is -1.57. The van der Waals surface area contributed by atoms with Gasteiger partial charge in [0.2, 0.25) is 0 Å². The molecule has 0 aromatic heterocycles. The van der Waals surface area contributed by atoms with Crippen molar-refractivity contribution in [2.24, 2.45) is 10.2 Å². The molecule has 0 saturated heterocycles. The van der Waals surface area contributed by atoms with E-state index in [-0.39, 0.29) is 0 Å². The van der Waals surface area contributed by atoms with Gasteiger partial charge < -0.3 is 0 Å². The number of rotatable bonds is 4. The predicted octanol–water partition coefficient (Wildman–Crippen LogP) is 2.90. The van der Waals surface area contributed by atoms with Crippen LogP contribution >= 0.6 is 0 Å². The number of allylic oxidation sites excluding steroid dienone is 1. The Kier molecular flexibility index (Phi) is 6.36. The zero-order valence-corrected chi connectivity index (χ0v) is 5.75. The van der Waals surface area contributed by atoms with E-state index in [1.54, 1.807) is 6.20 Å². The van der Waals surface area contributed by atoms with Crippen LogP contribution in [0.5, 0.6) is 0 Å². The molecule has 0 aliphatic rings. The summed E-state index contributed by atoms with van der Waals surface area (Å²) in [6.07, 6.45) is 7.30. The van der Waals surface area contributed by atoms with Gasteiger partial charge in [-0.05, 0) is 6.42 Å². The lowest BCUT2D eigenvalue weighted by molar-refractivity contribution is 0.953. The quantitative estimate of drug-likeness (QED) is 0.515. The number of hydrogen-bond acceptors (Lipinski definition) is 2. The number of azo groups is 1. The van der Waals surface area contributed by atoms with Crippen LogP contribution in [0.1, 0.15) is 19.8 Å². The molecule has 0 rings (SSSR count). The Morgan fingerprint density at radius 3 is 2.78 bits per heavy atom. The van der Waals surface area contributed by atoms with Gasteiger partial charge in [0.1, 0.15) is 0 Å². The van der Waals surface area contributed by atoms with E-state index in [1.807, 2.05) is 6.08 Å². The maximum absolute atomic E-state index is 3.65. The molecule has 0 atom stereocenters. The van der Waals surface area contributed by atoms with Gasteiger partial charge in [-0.3, -0.25) is 0 Å². The Hall–Kier alpha value is -0.920. The first kappa shape index (κ1) is 8.08. The first-order chi connectivity index (χ1) is 4.41. The van der Waals surface area contributed by atoms with Gasteiger partial charge in [-0.2, -0.15) is 10.2 Å². The highest BCUT2D eigenvalue weighted by Crippen LogP contribution is 1.88. The second kappa shape index (κ2) is 7.08. The fourth-order valence-electron chi connectivity index (χ4n) is 0.374. The molecule has 0 aromatic carbocycles. The van der Waals surface area contributed by atoms with Crippen molar-refractivity contribution in [3.63, 3.8) is 0 Å². The van der Waals surface area contributed by atoms with Crippen molar-refractivity contribution in [1.29, 1.82) is 0 Å². The summed E-state index contributed by atoms with van der Waals surface area (Å²) in [7, 11) is 0. The van der Waals surface area contributed by atoms with Crippen molar-refractivity contribution in [2.75, 3.05) is 0 Å². The molecule has 0 aliphatic carbocycles. The van der Waals surface area contributed by atoms with Crippen LogP contribution < -0.4 is 0 Å². The average molecular weight is 124 g/mol. The van der Waals surface area contributed by atoms with Crippen LogP contribution in [0.15, 0.2) is 35.3 Å². The normalized spacial score (nSPS) is 11.2. The smallest absolute Gasteiger partial charge is 0.0455 e. The van der Waals surface area contributed by atoms with Crippen molar-refractivity contribution >= 4 is 0 Å². The molecule has 9 heavy (non-hydrogen) atoms. The fraction of sp³-hybridized carbons (Fsp3) is 0.429. The zero-order chi connectivity index (χ0) is 6.95. The number of unbranched alkanes of at least 4 members (excludes halogenated alkanes) is 1. The summed E-state index contributed by atoms with van der Waals surface area (Å²) in [6.45, 7) is 5.50. The van der Waals surface area contributed by atoms with Crippen LogP contribution in [0.4, 0.5) is 0 Å². The maximum atomic E-state index is 3.65. The van der Waals surface area contributed by atoms with E-state index >= 15 is 0 Å². The van der Waals surface area contributed by atoms with Gasteiger partial charge >= 0.3 is 0 Å². The molecule has 0 saturated carbocycles. The summed E-state index contributed by atoms with van der Waals surface area (Å²) in [5.41, 5.74) is 0. The van der Waals surface area contributed by atoms with Crippen LogP contribution in [-0.2, 0) is 0 Å². The molecule has 0 fully saturated rings. The Morgan fingerprint density at radius 2 is 2.22 bits per heavy atom. The molecule has 0 N–H and O–H groups in total. The van der Waals surface area contributed by atoms with Crippen LogP contribution in [0, 0.1) is 0 Å². The molecule has 0 unspecified atom stereocenters. The van der Waals surface area contributed by atoms with Crippen LogP contribution in [0.25, 0.3) is 0 Å². The molecule has 0 amide bonds. The lowest BCUT2D eigenvalue weighted by atomic mass is 10.3. The van der Waals surface area contributed by atoms with Gasteiger partial charge in [0.25, 0.3) is 0 Å². The van der Waals surface area contributed by atoms with Crippen molar-refractivity contribution in [2.45, 2.75) is 19.8 Å². The van der Waals surface area contributed by atoms with E-state index in [0.717, 1.165) is 12.8 Å². The van der Waals surface area contributed by atoms with Crippen LogP contribution in [0.3, 0.4) is 0 Å². The minimum Gasteiger partial charge on any atom is -0.160 e. The summed E-state index contributed by atoms with van der Waals surface area (Å²) in [4.78, 5) is 0. The first-order valence-electron chi connectivity index (χ1n) is 3.07. The van der Waals surface area contributed by atoms with Gasteiger partial charge in [-0.25, -0.2) is 0 Å². The third-order valence-corrected chi connectivity index (χ3v) is 0.776. The summed E-state index contributed by atoms with van der Waals surface area (Å²) < 4.78 is 0. The topological polar surface area (TPSA) is 24.7 Å². The summed E-state index contributed by atoms with van der Waals surface area (Å²) >= 11 is 0. The minimum absolute atomic E-state index is 1.07.